The van der Waals surface area contributed by atoms with Crippen LogP contribution in [-0.4, -0.2) is 31.7 Å². The number of carbonyl (C=O) groups is 2. The minimum atomic E-state index is -0.456. The summed E-state index contributed by atoms with van der Waals surface area (Å²) in [5, 5.41) is 5.33. The summed E-state index contributed by atoms with van der Waals surface area (Å²) in [6.45, 7) is 5.02. The number of hydrogen-bond acceptors (Lipinski definition) is 3. The number of alkyl carbamates (subject to hydrolysis) is 1. The maximum Gasteiger partial charge on any atom is 0.407 e. The van der Waals surface area contributed by atoms with E-state index in [0.717, 1.165) is 3.57 Å². The second kappa shape index (κ2) is 8.78. The number of halogens is 1. The lowest BCUT2D eigenvalue weighted by Gasteiger charge is -2.10. The lowest BCUT2D eigenvalue weighted by Crippen LogP contribution is -2.35. The van der Waals surface area contributed by atoms with E-state index >= 15 is 0 Å². The van der Waals surface area contributed by atoms with Gasteiger partial charge in [-0.1, -0.05) is 26.0 Å². The van der Waals surface area contributed by atoms with Crippen LogP contribution in [0.5, 0.6) is 0 Å². The van der Waals surface area contributed by atoms with E-state index in [9.17, 15) is 9.59 Å². The van der Waals surface area contributed by atoms with Crippen molar-refractivity contribution in [2.24, 2.45) is 5.92 Å². The quantitative estimate of drug-likeness (QED) is 0.579. The van der Waals surface area contributed by atoms with Gasteiger partial charge in [0.25, 0.3) is 5.91 Å². The Morgan fingerprint density at radius 2 is 1.85 bits per heavy atom. The average molecular weight is 390 g/mol. The molecule has 0 saturated carbocycles. The molecule has 0 saturated heterocycles. The number of nitrogens with one attached hydrogen (secondary N) is 2. The lowest BCUT2D eigenvalue weighted by molar-refractivity contribution is 0.0950. The molecule has 0 aromatic heterocycles. The molecule has 2 N–H and O–H groups in total. The second-order valence-electron chi connectivity index (χ2n) is 4.65. The summed E-state index contributed by atoms with van der Waals surface area (Å²) in [7, 11) is 0. The molecule has 0 atom stereocenters. The van der Waals surface area contributed by atoms with Crippen LogP contribution >= 0.6 is 22.6 Å². The maximum absolute atomic E-state index is 11.9. The lowest BCUT2D eigenvalue weighted by atomic mass is 10.2. The van der Waals surface area contributed by atoms with Gasteiger partial charge >= 0.3 is 6.09 Å². The van der Waals surface area contributed by atoms with Crippen molar-refractivity contribution in [2.45, 2.75) is 13.8 Å². The molecule has 0 fully saturated rings. The normalized spacial score (nSPS) is 10.2. The van der Waals surface area contributed by atoms with E-state index in [2.05, 4.69) is 33.2 Å². The highest BCUT2D eigenvalue weighted by Crippen LogP contribution is 2.10. The SMILES string of the molecule is CC(C)COC(=O)NCCNC(=O)c1ccccc1I. The van der Waals surface area contributed by atoms with Crippen molar-refractivity contribution in [3.63, 3.8) is 0 Å². The molecule has 0 spiro atoms. The minimum Gasteiger partial charge on any atom is -0.449 e. The van der Waals surface area contributed by atoms with Gasteiger partial charge in [0.2, 0.25) is 0 Å². The molecule has 0 heterocycles. The molecule has 0 aliphatic carbocycles. The predicted octanol–water partition coefficient (Wildman–Crippen LogP) is 2.40. The Hall–Kier alpha value is -1.31. The van der Waals surface area contributed by atoms with E-state index in [1.807, 2.05) is 32.0 Å². The molecular weight excluding hydrogens is 371 g/mol. The molecule has 0 bridgehead atoms. The fourth-order valence-corrected chi connectivity index (χ4v) is 2.01. The highest BCUT2D eigenvalue weighted by Gasteiger charge is 2.08. The van der Waals surface area contributed by atoms with Crippen molar-refractivity contribution in [1.29, 1.82) is 0 Å². The Balaban J connectivity index is 2.23. The van der Waals surface area contributed by atoms with Crippen LogP contribution in [0.25, 0.3) is 0 Å². The summed E-state index contributed by atoms with van der Waals surface area (Å²) < 4.78 is 5.85. The minimum absolute atomic E-state index is 0.146. The summed E-state index contributed by atoms with van der Waals surface area (Å²) in [5.74, 6) is 0.160. The molecule has 0 radical (unpaired) electrons. The van der Waals surface area contributed by atoms with Gasteiger partial charge < -0.3 is 15.4 Å². The molecule has 20 heavy (non-hydrogen) atoms. The molecular formula is C14H19IN2O3. The molecule has 6 heteroatoms. The Morgan fingerprint density at radius 1 is 1.20 bits per heavy atom. The van der Waals surface area contributed by atoms with Gasteiger partial charge in [0.15, 0.2) is 0 Å². The molecule has 1 rings (SSSR count). The molecule has 1 aromatic rings. The average Bonchev–Trinajstić information content (AvgIpc) is 2.41. The third-order valence-electron chi connectivity index (χ3n) is 2.35. The topological polar surface area (TPSA) is 67.4 Å². The van der Waals surface area contributed by atoms with Gasteiger partial charge in [-0.25, -0.2) is 4.79 Å². The molecule has 0 aliphatic rings. The Morgan fingerprint density at radius 3 is 2.50 bits per heavy atom. The first kappa shape index (κ1) is 16.7. The van der Waals surface area contributed by atoms with E-state index in [4.69, 9.17) is 4.74 Å². The monoisotopic (exact) mass is 390 g/mol. The Bertz CT molecular complexity index is 463. The Labute approximate surface area is 132 Å². The van der Waals surface area contributed by atoms with E-state index < -0.39 is 6.09 Å². The third kappa shape index (κ3) is 6.23. The van der Waals surface area contributed by atoms with Crippen molar-refractivity contribution in [1.82, 2.24) is 10.6 Å². The van der Waals surface area contributed by atoms with Crippen LogP contribution in [0.2, 0.25) is 0 Å². The highest BCUT2D eigenvalue weighted by atomic mass is 127. The fourth-order valence-electron chi connectivity index (χ4n) is 1.37. The Kier molecular flexibility index (Phi) is 7.35. The zero-order valence-electron chi connectivity index (χ0n) is 11.6. The van der Waals surface area contributed by atoms with E-state index in [1.165, 1.54) is 0 Å². The largest absolute Gasteiger partial charge is 0.449 e. The van der Waals surface area contributed by atoms with Crippen molar-refractivity contribution in [3.05, 3.63) is 33.4 Å². The third-order valence-corrected chi connectivity index (χ3v) is 3.29. The molecule has 2 amide bonds. The molecule has 1 aromatic carbocycles. The van der Waals surface area contributed by atoms with Crippen molar-refractivity contribution >= 4 is 34.6 Å². The summed E-state index contributed by atoms with van der Waals surface area (Å²) in [5.41, 5.74) is 0.635. The van der Waals surface area contributed by atoms with E-state index in [-0.39, 0.29) is 5.91 Å². The first-order valence-corrected chi connectivity index (χ1v) is 7.52. The van der Waals surface area contributed by atoms with Crippen LogP contribution in [0.4, 0.5) is 4.79 Å². The van der Waals surface area contributed by atoms with Crippen molar-refractivity contribution < 1.29 is 14.3 Å². The number of amides is 2. The zero-order valence-corrected chi connectivity index (χ0v) is 13.8. The van der Waals surface area contributed by atoms with Gasteiger partial charge in [0.1, 0.15) is 0 Å². The second-order valence-corrected chi connectivity index (χ2v) is 5.82. The highest BCUT2D eigenvalue weighted by molar-refractivity contribution is 14.1. The number of hydrogen-bond donors (Lipinski definition) is 2. The number of ether oxygens (including phenoxy) is 1. The molecule has 110 valence electrons. The van der Waals surface area contributed by atoms with Gasteiger partial charge in [-0.15, -0.1) is 0 Å². The van der Waals surface area contributed by atoms with Crippen LogP contribution < -0.4 is 10.6 Å². The van der Waals surface area contributed by atoms with E-state index in [1.54, 1.807) is 6.07 Å². The summed E-state index contributed by atoms with van der Waals surface area (Å²) >= 11 is 2.11. The number of rotatable bonds is 6. The summed E-state index contributed by atoms with van der Waals surface area (Å²) in [6.07, 6.45) is -0.456. The van der Waals surface area contributed by atoms with Gasteiger partial charge in [-0.2, -0.15) is 0 Å². The maximum atomic E-state index is 11.9. The first-order valence-electron chi connectivity index (χ1n) is 6.44. The first-order chi connectivity index (χ1) is 9.50. The van der Waals surface area contributed by atoms with Crippen LogP contribution in [0.1, 0.15) is 24.2 Å². The summed E-state index contributed by atoms with van der Waals surface area (Å²) in [4.78, 5) is 23.1. The molecule has 5 nitrogen and oxygen atoms in total. The number of carbonyl (C=O) groups excluding carboxylic acids is 2. The van der Waals surface area contributed by atoms with Crippen molar-refractivity contribution in [3.8, 4) is 0 Å². The van der Waals surface area contributed by atoms with E-state index in [0.29, 0.717) is 31.2 Å². The van der Waals surface area contributed by atoms with Gasteiger partial charge in [0, 0.05) is 16.7 Å². The van der Waals surface area contributed by atoms with Crippen LogP contribution in [0.3, 0.4) is 0 Å². The van der Waals surface area contributed by atoms with Crippen LogP contribution in [0, 0.1) is 9.49 Å². The standard InChI is InChI=1S/C14H19IN2O3/c1-10(2)9-20-14(19)17-8-7-16-13(18)11-5-3-4-6-12(11)15/h3-6,10H,7-9H2,1-2H3,(H,16,18)(H,17,19). The van der Waals surface area contributed by atoms with Crippen LogP contribution in [0.15, 0.2) is 24.3 Å². The fraction of sp³-hybridized carbons (Fsp3) is 0.429. The number of benzene rings is 1. The van der Waals surface area contributed by atoms with Crippen molar-refractivity contribution in [2.75, 3.05) is 19.7 Å². The zero-order chi connectivity index (χ0) is 15.0. The smallest absolute Gasteiger partial charge is 0.407 e. The summed E-state index contributed by atoms with van der Waals surface area (Å²) in [6, 6.07) is 7.34. The molecule has 0 aliphatic heterocycles. The van der Waals surface area contributed by atoms with Gasteiger partial charge in [-0.3, -0.25) is 4.79 Å². The van der Waals surface area contributed by atoms with Gasteiger partial charge in [0.05, 0.1) is 12.2 Å². The molecule has 0 unspecified atom stereocenters. The van der Waals surface area contributed by atoms with Gasteiger partial charge in [-0.05, 0) is 40.6 Å². The predicted molar refractivity (Wildman–Crippen MR) is 85.7 cm³/mol. The van der Waals surface area contributed by atoms with Crippen LogP contribution in [-0.2, 0) is 4.74 Å².